The van der Waals surface area contributed by atoms with E-state index in [2.05, 4.69) is 28.9 Å². The molecular formula is C23H30N4O2. The van der Waals surface area contributed by atoms with E-state index in [1.807, 2.05) is 31.0 Å². The number of H-pyrrole nitrogens is 1. The van der Waals surface area contributed by atoms with Crippen LogP contribution in [0, 0.1) is 6.92 Å². The maximum absolute atomic E-state index is 13.1. The summed E-state index contributed by atoms with van der Waals surface area (Å²) in [4.78, 5) is 37.7. The van der Waals surface area contributed by atoms with Crippen LogP contribution in [-0.4, -0.2) is 52.4 Å². The number of hydrogen-bond acceptors (Lipinski definition) is 4. The van der Waals surface area contributed by atoms with E-state index in [1.165, 1.54) is 5.56 Å². The molecule has 1 aromatic heterocycles. The van der Waals surface area contributed by atoms with Crippen molar-refractivity contribution in [3.8, 4) is 0 Å². The van der Waals surface area contributed by atoms with Crippen molar-refractivity contribution in [2.45, 2.75) is 51.5 Å². The second-order valence-electron chi connectivity index (χ2n) is 8.62. The third-order valence-corrected chi connectivity index (χ3v) is 6.35. The molecule has 4 rings (SSSR count). The number of piperidine rings is 1. The van der Waals surface area contributed by atoms with Gasteiger partial charge in [-0.2, -0.15) is 0 Å². The first-order valence-corrected chi connectivity index (χ1v) is 10.6. The summed E-state index contributed by atoms with van der Waals surface area (Å²) in [5.41, 5.74) is 3.94. The maximum atomic E-state index is 13.1. The normalized spacial score (nSPS) is 20.9. The van der Waals surface area contributed by atoms with Crippen LogP contribution >= 0.6 is 0 Å². The van der Waals surface area contributed by atoms with E-state index in [1.54, 1.807) is 0 Å². The van der Waals surface area contributed by atoms with Crippen LogP contribution in [0.15, 0.2) is 29.1 Å². The number of likely N-dealkylation sites (tertiary alicyclic amines) is 1. The summed E-state index contributed by atoms with van der Waals surface area (Å²) in [6, 6.07) is 8.19. The van der Waals surface area contributed by atoms with E-state index in [9.17, 15) is 9.59 Å². The molecule has 0 bridgehead atoms. The van der Waals surface area contributed by atoms with Crippen molar-refractivity contribution in [2.24, 2.45) is 0 Å². The molecule has 6 heteroatoms. The van der Waals surface area contributed by atoms with Gasteiger partial charge in [-0.25, -0.2) is 4.98 Å². The van der Waals surface area contributed by atoms with Gasteiger partial charge in [-0.3, -0.25) is 9.59 Å². The number of hydrogen-bond donors (Lipinski definition) is 1. The standard InChI is InChI=1S/C23H30N4O2/c1-15-6-8-17(9-7-15)16(2)23(29)27-11-4-5-18(13-27)21-24-20-10-12-26(3)14-19(20)22(28)25-21/h6-9,16,18H,4-5,10-14H2,1-3H3,(H,24,25,28). The van der Waals surface area contributed by atoms with Gasteiger partial charge in [0.1, 0.15) is 5.82 Å². The minimum absolute atomic E-state index is 0.0203. The van der Waals surface area contributed by atoms with Crippen molar-refractivity contribution in [1.82, 2.24) is 19.8 Å². The molecule has 0 saturated carbocycles. The zero-order chi connectivity index (χ0) is 20.5. The fraction of sp³-hybridized carbons (Fsp3) is 0.522. The van der Waals surface area contributed by atoms with E-state index in [-0.39, 0.29) is 23.3 Å². The van der Waals surface area contributed by atoms with Crippen molar-refractivity contribution in [3.63, 3.8) is 0 Å². The third-order valence-electron chi connectivity index (χ3n) is 6.35. The van der Waals surface area contributed by atoms with Crippen LogP contribution in [0.2, 0.25) is 0 Å². The number of nitrogens with one attached hydrogen (secondary N) is 1. The zero-order valence-corrected chi connectivity index (χ0v) is 17.6. The quantitative estimate of drug-likeness (QED) is 0.869. The van der Waals surface area contributed by atoms with Crippen LogP contribution in [0.4, 0.5) is 0 Å². The fourth-order valence-electron chi connectivity index (χ4n) is 4.44. The van der Waals surface area contributed by atoms with E-state index in [4.69, 9.17) is 4.98 Å². The minimum Gasteiger partial charge on any atom is -0.341 e. The number of carbonyl (C=O) groups excluding carboxylic acids is 1. The van der Waals surface area contributed by atoms with Crippen LogP contribution in [0.3, 0.4) is 0 Å². The van der Waals surface area contributed by atoms with Crippen LogP contribution < -0.4 is 5.56 Å². The zero-order valence-electron chi connectivity index (χ0n) is 17.6. The third kappa shape index (κ3) is 4.13. The highest BCUT2D eigenvalue weighted by molar-refractivity contribution is 5.83. The molecule has 2 aliphatic heterocycles. The van der Waals surface area contributed by atoms with E-state index in [0.29, 0.717) is 13.1 Å². The molecule has 1 N–H and O–H groups in total. The molecule has 2 atom stereocenters. The lowest BCUT2D eigenvalue weighted by atomic mass is 9.93. The number of carbonyl (C=O) groups is 1. The Labute approximate surface area is 172 Å². The van der Waals surface area contributed by atoms with E-state index < -0.39 is 0 Å². The number of amides is 1. The molecule has 0 spiro atoms. The molecule has 1 amide bonds. The molecule has 2 aliphatic rings. The summed E-state index contributed by atoms with van der Waals surface area (Å²) in [6.45, 7) is 7.00. The molecule has 1 fully saturated rings. The molecule has 2 unspecified atom stereocenters. The van der Waals surface area contributed by atoms with Crippen molar-refractivity contribution in [2.75, 3.05) is 26.7 Å². The molecule has 2 aromatic rings. The SMILES string of the molecule is Cc1ccc(C(C)C(=O)N2CCCC(c3nc4c(c(=O)[nH]3)CN(C)CC4)C2)cc1. The van der Waals surface area contributed by atoms with E-state index >= 15 is 0 Å². The Hall–Kier alpha value is -2.47. The average molecular weight is 395 g/mol. The maximum Gasteiger partial charge on any atom is 0.255 e. The summed E-state index contributed by atoms with van der Waals surface area (Å²) in [7, 11) is 2.02. The predicted molar refractivity (Wildman–Crippen MR) is 113 cm³/mol. The molecule has 154 valence electrons. The number of nitrogens with zero attached hydrogens (tertiary/aromatic N) is 3. The number of likely N-dealkylation sites (N-methyl/N-ethyl adjacent to an activating group) is 1. The number of aryl methyl sites for hydroxylation is 1. The lowest BCUT2D eigenvalue weighted by molar-refractivity contribution is -0.133. The Morgan fingerprint density at radius 3 is 2.76 bits per heavy atom. The minimum atomic E-state index is -0.166. The monoisotopic (exact) mass is 394 g/mol. The van der Waals surface area contributed by atoms with Gasteiger partial charge in [0.05, 0.1) is 17.2 Å². The number of aromatic nitrogens is 2. The van der Waals surface area contributed by atoms with E-state index in [0.717, 1.165) is 55.0 Å². The number of rotatable bonds is 3. The highest BCUT2D eigenvalue weighted by Crippen LogP contribution is 2.28. The summed E-state index contributed by atoms with van der Waals surface area (Å²) in [5, 5.41) is 0. The van der Waals surface area contributed by atoms with Crippen molar-refractivity contribution in [1.29, 1.82) is 0 Å². The molecule has 0 aliphatic carbocycles. The smallest absolute Gasteiger partial charge is 0.255 e. The fourth-order valence-corrected chi connectivity index (χ4v) is 4.44. The topological polar surface area (TPSA) is 69.3 Å². The molecule has 3 heterocycles. The molecule has 0 radical (unpaired) electrons. The van der Waals surface area contributed by atoms with Gasteiger partial charge >= 0.3 is 0 Å². The van der Waals surface area contributed by atoms with Gasteiger partial charge in [-0.05, 0) is 39.3 Å². The van der Waals surface area contributed by atoms with Crippen molar-refractivity contribution < 1.29 is 4.79 Å². The van der Waals surface area contributed by atoms with Gasteiger partial charge in [0.15, 0.2) is 0 Å². The van der Waals surface area contributed by atoms with Crippen molar-refractivity contribution >= 4 is 5.91 Å². The Morgan fingerprint density at radius 1 is 1.24 bits per heavy atom. The van der Waals surface area contributed by atoms with Gasteiger partial charge in [0.25, 0.3) is 5.56 Å². The largest absolute Gasteiger partial charge is 0.341 e. The molecular weight excluding hydrogens is 364 g/mol. The van der Waals surface area contributed by atoms with Crippen LogP contribution in [0.25, 0.3) is 0 Å². The first-order valence-electron chi connectivity index (χ1n) is 10.6. The summed E-state index contributed by atoms with van der Waals surface area (Å²) < 4.78 is 0. The Morgan fingerprint density at radius 2 is 2.00 bits per heavy atom. The van der Waals surface area contributed by atoms with Crippen molar-refractivity contribution in [3.05, 3.63) is 62.8 Å². The highest BCUT2D eigenvalue weighted by atomic mass is 16.2. The second-order valence-corrected chi connectivity index (χ2v) is 8.62. The van der Waals surface area contributed by atoms with Crippen LogP contribution in [0.5, 0.6) is 0 Å². The Balaban J connectivity index is 1.51. The van der Waals surface area contributed by atoms with Crippen LogP contribution in [-0.2, 0) is 17.8 Å². The summed E-state index contributed by atoms with van der Waals surface area (Å²) in [6.07, 6.45) is 2.69. The summed E-state index contributed by atoms with van der Waals surface area (Å²) >= 11 is 0. The van der Waals surface area contributed by atoms with Gasteiger partial charge in [0, 0.05) is 38.5 Å². The average Bonchev–Trinajstić information content (AvgIpc) is 2.73. The Kier molecular flexibility index (Phi) is 5.54. The lowest BCUT2D eigenvalue weighted by Gasteiger charge is -2.34. The highest BCUT2D eigenvalue weighted by Gasteiger charge is 2.30. The first-order chi connectivity index (χ1) is 13.9. The molecule has 29 heavy (non-hydrogen) atoms. The number of fused-ring (bicyclic) bond motifs is 1. The second kappa shape index (κ2) is 8.11. The number of benzene rings is 1. The first kappa shape index (κ1) is 19.8. The van der Waals surface area contributed by atoms with Gasteiger partial charge in [-0.15, -0.1) is 0 Å². The molecule has 1 aromatic carbocycles. The van der Waals surface area contributed by atoms with Gasteiger partial charge in [-0.1, -0.05) is 29.8 Å². The van der Waals surface area contributed by atoms with Crippen LogP contribution in [0.1, 0.15) is 59.8 Å². The lowest BCUT2D eigenvalue weighted by Crippen LogP contribution is -2.42. The van der Waals surface area contributed by atoms with Gasteiger partial charge in [0.2, 0.25) is 5.91 Å². The number of aromatic amines is 1. The summed E-state index contributed by atoms with van der Waals surface area (Å²) in [5.74, 6) is 0.829. The molecule has 1 saturated heterocycles. The predicted octanol–water partition coefficient (Wildman–Crippen LogP) is 2.58. The van der Waals surface area contributed by atoms with Gasteiger partial charge < -0.3 is 14.8 Å². The molecule has 6 nitrogen and oxygen atoms in total. The Bertz CT molecular complexity index is 950.